The zero-order valence-corrected chi connectivity index (χ0v) is 19.6. The normalized spacial score (nSPS) is 11.5. The van der Waals surface area contributed by atoms with Gasteiger partial charge in [-0.1, -0.05) is 71.2 Å². The summed E-state index contributed by atoms with van der Waals surface area (Å²) in [4.78, 5) is 14.5. The topological polar surface area (TPSA) is 26.4 Å². The van der Waals surface area contributed by atoms with E-state index < -0.39 is 0 Å². The predicted octanol–water partition coefficient (Wildman–Crippen LogP) is 7.38. The number of fused-ring (bicyclic) bond motifs is 3. The van der Waals surface area contributed by atoms with E-state index in [0.29, 0.717) is 25.9 Å². The van der Waals surface area contributed by atoms with Gasteiger partial charge in [-0.3, -0.25) is 13.8 Å². The number of nitrogens with zero attached hydrogens (tertiary/aromatic N) is 2. The highest BCUT2D eigenvalue weighted by atomic mass is 35.5. The zero-order valence-electron chi connectivity index (χ0n) is 16.4. The van der Waals surface area contributed by atoms with Crippen molar-refractivity contribution in [3.8, 4) is 10.4 Å². The first kappa shape index (κ1) is 20.5. The Hall–Kier alpha value is -2.44. The van der Waals surface area contributed by atoms with Gasteiger partial charge >= 0.3 is 0 Å². The maximum atomic E-state index is 13.6. The lowest BCUT2D eigenvalue weighted by molar-refractivity contribution is 0.780. The monoisotopic (exact) mass is 482 g/mol. The van der Waals surface area contributed by atoms with Crippen molar-refractivity contribution in [1.82, 2.24) is 8.97 Å². The number of aromatic nitrogens is 2. The smallest absolute Gasteiger partial charge is 0.261 e. The molecule has 0 bridgehead atoms. The van der Waals surface area contributed by atoms with Crippen molar-refractivity contribution < 1.29 is 0 Å². The summed E-state index contributed by atoms with van der Waals surface area (Å²) < 4.78 is 4.46. The van der Waals surface area contributed by atoms with E-state index in [4.69, 9.17) is 35.4 Å². The van der Waals surface area contributed by atoms with Crippen LogP contribution in [0, 0.1) is 10.9 Å². The largest absolute Gasteiger partial charge is 0.288 e. The molecular weight excluding hydrogens is 467 g/mol. The van der Waals surface area contributed by atoms with Crippen LogP contribution in [0.2, 0.25) is 10.0 Å². The highest BCUT2D eigenvalue weighted by Gasteiger charge is 2.19. The molecule has 0 N–H and O–H groups in total. The number of para-hydroxylation sites is 1. The average molecular weight is 483 g/mol. The first-order valence-electron chi connectivity index (χ1n) is 9.62. The molecule has 0 saturated carbocycles. The minimum Gasteiger partial charge on any atom is -0.288 e. The van der Waals surface area contributed by atoms with Crippen molar-refractivity contribution >= 4 is 63.3 Å². The van der Waals surface area contributed by atoms with Crippen LogP contribution in [0.25, 0.3) is 27.0 Å². The van der Waals surface area contributed by atoms with Crippen LogP contribution in [0.5, 0.6) is 0 Å². The third-order valence-electron chi connectivity index (χ3n) is 5.31. The fourth-order valence-corrected chi connectivity index (χ4v) is 5.48. The molecule has 2 heterocycles. The van der Waals surface area contributed by atoms with Crippen molar-refractivity contribution in [2.45, 2.75) is 13.5 Å². The lowest BCUT2D eigenvalue weighted by atomic mass is 10.1. The summed E-state index contributed by atoms with van der Waals surface area (Å²) >= 11 is 19.7. The van der Waals surface area contributed by atoms with Gasteiger partial charge in [0.1, 0.15) is 5.65 Å². The first-order chi connectivity index (χ1) is 14.9. The highest BCUT2D eigenvalue weighted by molar-refractivity contribution is 7.73. The summed E-state index contributed by atoms with van der Waals surface area (Å²) in [7, 11) is 0. The van der Waals surface area contributed by atoms with Crippen LogP contribution in [0.3, 0.4) is 0 Å². The van der Waals surface area contributed by atoms with E-state index in [-0.39, 0.29) is 5.56 Å². The molecule has 154 valence electrons. The molecule has 0 radical (unpaired) electrons. The predicted molar refractivity (Wildman–Crippen MR) is 134 cm³/mol. The number of rotatable bonds is 3. The Labute approximate surface area is 197 Å². The molecule has 0 aliphatic heterocycles. The van der Waals surface area contributed by atoms with Crippen LogP contribution in [0.15, 0.2) is 71.5 Å². The van der Waals surface area contributed by atoms with Gasteiger partial charge in [0.2, 0.25) is 0 Å². The molecular formula is C24H16Cl2N2OS2. The fourth-order valence-electron chi connectivity index (χ4n) is 3.76. The minimum atomic E-state index is -0.0507. The Bertz CT molecular complexity index is 1580. The number of thiazole rings is 1. The maximum Gasteiger partial charge on any atom is 0.261 e. The van der Waals surface area contributed by atoms with E-state index in [0.717, 1.165) is 27.2 Å². The molecule has 3 aromatic carbocycles. The van der Waals surface area contributed by atoms with Gasteiger partial charge in [0, 0.05) is 0 Å². The standard InChI is InChI=1S/C24H16Cl2N2OS2/c1-14-6-8-15(9-7-14)13-27-22-21(16-10-11-18(25)19(26)12-16)31-24(30)28(22)20-5-3-2-4-17(20)23(27)29/h2-12H,13H2,1H3. The average Bonchev–Trinajstić information content (AvgIpc) is 3.11. The van der Waals surface area contributed by atoms with Crippen LogP contribution in [-0.4, -0.2) is 8.97 Å². The molecule has 0 saturated heterocycles. The number of hydrogen-bond acceptors (Lipinski definition) is 3. The Kier molecular flexibility index (Phi) is 5.22. The van der Waals surface area contributed by atoms with Crippen molar-refractivity contribution in [1.29, 1.82) is 0 Å². The molecule has 0 aliphatic rings. The van der Waals surface area contributed by atoms with Crippen LogP contribution in [0.1, 0.15) is 11.1 Å². The second kappa shape index (κ2) is 7.92. The molecule has 2 aromatic heterocycles. The molecule has 0 amide bonds. The van der Waals surface area contributed by atoms with Crippen LogP contribution in [-0.2, 0) is 6.54 Å². The van der Waals surface area contributed by atoms with E-state index in [9.17, 15) is 4.79 Å². The summed E-state index contributed by atoms with van der Waals surface area (Å²) in [5.41, 5.74) is 4.61. The number of halogens is 2. The van der Waals surface area contributed by atoms with E-state index in [1.807, 2.05) is 59.9 Å². The lowest BCUT2D eigenvalue weighted by Crippen LogP contribution is -2.23. The van der Waals surface area contributed by atoms with Crippen molar-refractivity contribution in [3.05, 3.63) is 102 Å². The van der Waals surface area contributed by atoms with Gasteiger partial charge in [0.05, 0.1) is 32.4 Å². The highest BCUT2D eigenvalue weighted by Crippen LogP contribution is 2.36. The number of aryl methyl sites for hydroxylation is 1. The fraction of sp³-hybridized carbons (Fsp3) is 0.0833. The van der Waals surface area contributed by atoms with Gasteiger partial charge in [-0.05, 0) is 54.5 Å². The van der Waals surface area contributed by atoms with E-state index in [1.54, 1.807) is 10.6 Å². The van der Waals surface area contributed by atoms with Gasteiger partial charge in [-0.15, -0.1) is 11.3 Å². The summed E-state index contributed by atoms with van der Waals surface area (Å²) in [6.07, 6.45) is 0. The molecule has 0 aliphatic carbocycles. The molecule has 3 nitrogen and oxygen atoms in total. The van der Waals surface area contributed by atoms with Crippen molar-refractivity contribution in [2.24, 2.45) is 0 Å². The minimum absolute atomic E-state index is 0.0507. The molecule has 5 aromatic rings. The Morgan fingerprint density at radius 2 is 1.71 bits per heavy atom. The summed E-state index contributed by atoms with van der Waals surface area (Å²) in [5.74, 6) is 0. The van der Waals surface area contributed by atoms with Crippen molar-refractivity contribution in [2.75, 3.05) is 0 Å². The molecule has 0 unspecified atom stereocenters. The van der Waals surface area contributed by atoms with Crippen molar-refractivity contribution in [3.63, 3.8) is 0 Å². The zero-order chi connectivity index (χ0) is 21.7. The molecule has 0 fully saturated rings. The SMILES string of the molecule is Cc1ccc(Cn2c(=O)c3ccccc3n3c(=S)sc(-c4ccc(Cl)c(Cl)c4)c23)cc1. The summed E-state index contributed by atoms with van der Waals surface area (Å²) in [5, 5.41) is 1.58. The quantitative estimate of drug-likeness (QED) is 0.250. The van der Waals surface area contributed by atoms with E-state index in [1.165, 1.54) is 16.9 Å². The summed E-state index contributed by atoms with van der Waals surface area (Å²) in [6, 6.07) is 21.3. The maximum absolute atomic E-state index is 13.6. The van der Waals surface area contributed by atoms with Crippen LogP contribution in [0.4, 0.5) is 0 Å². The number of benzene rings is 3. The second-order valence-corrected chi connectivity index (χ2v) is 9.84. The summed E-state index contributed by atoms with van der Waals surface area (Å²) in [6.45, 7) is 2.48. The third kappa shape index (κ3) is 3.52. The lowest BCUT2D eigenvalue weighted by Gasteiger charge is -2.14. The van der Waals surface area contributed by atoms with Gasteiger partial charge in [-0.2, -0.15) is 0 Å². The third-order valence-corrected chi connectivity index (χ3v) is 7.46. The molecule has 0 atom stereocenters. The van der Waals surface area contributed by atoms with E-state index >= 15 is 0 Å². The van der Waals surface area contributed by atoms with Crippen LogP contribution < -0.4 is 5.56 Å². The van der Waals surface area contributed by atoms with E-state index in [2.05, 4.69) is 12.1 Å². The molecule has 0 spiro atoms. The van der Waals surface area contributed by atoms with Gasteiger partial charge in [0.15, 0.2) is 3.95 Å². The Balaban J connectivity index is 1.89. The Morgan fingerprint density at radius 1 is 0.968 bits per heavy atom. The molecule has 7 heteroatoms. The molecule has 31 heavy (non-hydrogen) atoms. The van der Waals surface area contributed by atoms with Crippen LogP contribution >= 0.6 is 46.8 Å². The van der Waals surface area contributed by atoms with Gasteiger partial charge in [0.25, 0.3) is 5.56 Å². The number of hydrogen-bond donors (Lipinski definition) is 0. The first-order valence-corrected chi connectivity index (χ1v) is 11.6. The second-order valence-electron chi connectivity index (χ2n) is 7.38. The Morgan fingerprint density at radius 3 is 2.45 bits per heavy atom. The molecule has 5 rings (SSSR count). The van der Waals surface area contributed by atoms with Gasteiger partial charge in [-0.25, -0.2) is 0 Å². The van der Waals surface area contributed by atoms with Gasteiger partial charge < -0.3 is 0 Å².